The standard InChI is InChI=1S/C11H10F2O2/c12-9-3-7-6(10(7)13)2-5(9)4-1-8(4)11(14)15/h2-4,6-8,10H,1H2,(H,14,15). The van der Waals surface area contributed by atoms with Gasteiger partial charge in [0.1, 0.15) is 12.0 Å². The molecule has 0 aromatic rings. The lowest BCUT2D eigenvalue weighted by atomic mass is 10.0. The Balaban J connectivity index is 1.81. The summed E-state index contributed by atoms with van der Waals surface area (Å²) in [6.07, 6.45) is 2.42. The third-order valence-corrected chi connectivity index (χ3v) is 3.53. The Morgan fingerprint density at radius 3 is 2.67 bits per heavy atom. The normalized spacial score (nSPS) is 46.4. The van der Waals surface area contributed by atoms with Crippen molar-refractivity contribution < 1.29 is 18.7 Å². The zero-order valence-corrected chi connectivity index (χ0v) is 7.86. The van der Waals surface area contributed by atoms with Crippen LogP contribution in [0, 0.1) is 23.7 Å². The summed E-state index contributed by atoms with van der Waals surface area (Å²) < 4.78 is 26.5. The van der Waals surface area contributed by atoms with E-state index in [9.17, 15) is 13.6 Å². The van der Waals surface area contributed by atoms with Crippen molar-refractivity contribution in [1.82, 2.24) is 0 Å². The van der Waals surface area contributed by atoms with Crippen molar-refractivity contribution in [3.63, 3.8) is 0 Å². The predicted octanol–water partition coefficient (Wildman–Crippen LogP) is 2.08. The largest absolute Gasteiger partial charge is 0.481 e. The van der Waals surface area contributed by atoms with Gasteiger partial charge in [-0.2, -0.15) is 0 Å². The second-order valence-electron chi connectivity index (χ2n) is 4.52. The van der Waals surface area contributed by atoms with Crippen molar-refractivity contribution in [3.8, 4) is 0 Å². The van der Waals surface area contributed by atoms with Crippen LogP contribution in [0.25, 0.3) is 0 Å². The molecule has 4 heteroatoms. The maximum absolute atomic E-state index is 13.5. The molecule has 0 aliphatic heterocycles. The van der Waals surface area contributed by atoms with Crippen LogP contribution in [-0.2, 0) is 4.79 Å². The quantitative estimate of drug-likeness (QED) is 0.760. The van der Waals surface area contributed by atoms with Crippen LogP contribution in [-0.4, -0.2) is 17.2 Å². The van der Waals surface area contributed by atoms with E-state index in [2.05, 4.69) is 0 Å². The summed E-state index contributed by atoms with van der Waals surface area (Å²) >= 11 is 0. The molecule has 2 saturated carbocycles. The fourth-order valence-corrected chi connectivity index (χ4v) is 2.39. The van der Waals surface area contributed by atoms with Gasteiger partial charge in [0.25, 0.3) is 0 Å². The van der Waals surface area contributed by atoms with E-state index in [1.165, 1.54) is 6.08 Å². The number of hydrogen-bond donors (Lipinski definition) is 1. The molecule has 5 atom stereocenters. The van der Waals surface area contributed by atoms with E-state index in [-0.39, 0.29) is 17.8 Å². The summed E-state index contributed by atoms with van der Waals surface area (Å²) in [5.41, 5.74) is 0.420. The molecule has 1 N–H and O–H groups in total. The van der Waals surface area contributed by atoms with Crippen LogP contribution in [0.3, 0.4) is 0 Å². The highest BCUT2D eigenvalue weighted by Gasteiger charge is 2.54. The van der Waals surface area contributed by atoms with E-state index in [4.69, 9.17) is 5.11 Å². The van der Waals surface area contributed by atoms with E-state index in [0.29, 0.717) is 12.0 Å². The number of carbonyl (C=O) groups is 1. The number of halogens is 2. The molecule has 2 fully saturated rings. The van der Waals surface area contributed by atoms with E-state index in [0.717, 1.165) is 0 Å². The molecule has 5 unspecified atom stereocenters. The topological polar surface area (TPSA) is 37.3 Å². The summed E-state index contributed by atoms with van der Waals surface area (Å²) in [6, 6.07) is 0. The average molecular weight is 212 g/mol. The van der Waals surface area contributed by atoms with E-state index in [1.54, 1.807) is 6.08 Å². The van der Waals surface area contributed by atoms with E-state index >= 15 is 0 Å². The summed E-state index contributed by atoms with van der Waals surface area (Å²) in [4.78, 5) is 10.6. The Hall–Kier alpha value is -1.19. The van der Waals surface area contributed by atoms with Crippen LogP contribution >= 0.6 is 0 Å². The third-order valence-electron chi connectivity index (χ3n) is 3.53. The molecule has 0 saturated heterocycles. The minimum absolute atomic E-state index is 0.199. The number of carboxylic acid groups (broad SMARTS) is 1. The molecule has 0 radical (unpaired) electrons. The average Bonchev–Trinajstić information content (AvgIpc) is 3.04. The lowest BCUT2D eigenvalue weighted by Gasteiger charge is -2.07. The molecule has 3 aliphatic carbocycles. The highest BCUT2D eigenvalue weighted by atomic mass is 19.1. The molecule has 2 nitrogen and oxygen atoms in total. The van der Waals surface area contributed by atoms with Crippen molar-refractivity contribution >= 4 is 5.97 Å². The second kappa shape index (κ2) is 2.68. The fourth-order valence-electron chi connectivity index (χ4n) is 2.39. The Labute approximate surface area is 85.3 Å². The Bertz CT molecular complexity index is 399. The van der Waals surface area contributed by atoms with Gasteiger partial charge in [-0.25, -0.2) is 8.78 Å². The van der Waals surface area contributed by atoms with Crippen LogP contribution in [0.15, 0.2) is 23.6 Å². The first kappa shape index (κ1) is 9.07. The lowest BCUT2D eigenvalue weighted by molar-refractivity contribution is -0.138. The predicted molar refractivity (Wildman–Crippen MR) is 48.4 cm³/mol. The van der Waals surface area contributed by atoms with Gasteiger partial charge in [0.15, 0.2) is 0 Å². The highest BCUT2D eigenvalue weighted by molar-refractivity contribution is 5.75. The first-order valence-corrected chi connectivity index (χ1v) is 5.06. The molecule has 3 rings (SSSR count). The van der Waals surface area contributed by atoms with Crippen LogP contribution in [0.5, 0.6) is 0 Å². The zero-order chi connectivity index (χ0) is 10.7. The number of carboxylic acids is 1. The molecule has 0 heterocycles. The number of rotatable bonds is 2. The molecule has 0 spiro atoms. The van der Waals surface area contributed by atoms with Gasteiger partial charge >= 0.3 is 5.97 Å². The zero-order valence-electron chi connectivity index (χ0n) is 7.86. The monoisotopic (exact) mass is 212 g/mol. The number of fused-ring (bicyclic) bond motifs is 1. The summed E-state index contributed by atoms with van der Waals surface area (Å²) in [6.45, 7) is 0. The Morgan fingerprint density at radius 1 is 1.40 bits per heavy atom. The molecular formula is C11H10F2O2. The molecule has 15 heavy (non-hydrogen) atoms. The molecule has 80 valence electrons. The first-order valence-electron chi connectivity index (χ1n) is 5.06. The number of allylic oxidation sites excluding steroid dienone is 4. The van der Waals surface area contributed by atoms with E-state index < -0.39 is 23.9 Å². The molecular weight excluding hydrogens is 202 g/mol. The van der Waals surface area contributed by atoms with Crippen molar-refractivity contribution in [2.24, 2.45) is 23.7 Å². The third kappa shape index (κ3) is 1.24. The van der Waals surface area contributed by atoms with Crippen molar-refractivity contribution in [3.05, 3.63) is 23.6 Å². The molecule has 0 amide bonds. The van der Waals surface area contributed by atoms with Gasteiger partial charge in [0.05, 0.1) is 5.92 Å². The summed E-state index contributed by atoms with van der Waals surface area (Å²) in [7, 11) is 0. The summed E-state index contributed by atoms with van der Waals surface area (Å²) in [5, 5.41) is 8.73. The lowest BCUT2D eigenvalue weighted by Crippen LogP contribution is -2.03. The molecule has 0 aromatic carbocycles. The van der Waals surface area contributed by atoms with Gasteiger partial charge < -0.3 is 5.11 Å². The smallest absolute Gasteiger partial charge is 0.307 e. The maximum Gasteiger partial charge on any atom is 0.307 e. The first-order chi connectivity index (χ1) is 7.09. The summed E-state index contributed by atoms with van der Waals surface area (Å²) in [5.74, 6) is -2.49. The number of hydrogen-bond acceptors (Lipinski definition) is 1. The SMILES string of the molecule is O=C(O)C1CC1C1=CC2C(F)C2C=C1F. The van der Waals surface area contributed by atoms with Gasteiger partial charge in [0.2, 0.25) is 0 Å². The van der Waals surface area contributed by atoms with Crippen molar-refractivity contribution in [2.45, 2.75) is 12.6 Å². The second-order valence-corrected chi connectivity index (χ2v) is 4.52. The van der Waals surface area contributed by atoms with Crippen LogP contribution in [0.1, 0.15) is 6.42 Å². The maximum atomic E-state index is 13.5. The van der Waals surface area contributed by atoms with Crippen LogP contribution < -0.4 is 0 Å². The van der Waals surface area contributed by atoms with Crippen LogP contribution in [0.4, 0.5) is 8.78 Å². The Morgan fingerprint density at radius 2 is 2.07 bits per heavy atom. The fraction of sp³-hybridized carbons (Fsp3) is 0.545. The van der Waals surface area contributed by atoms with Gasteiger partial charge in [0, 0.05) is 17.8 Å². The van der Waals surface area contributed by atoms with Gasteiger partial charge in [-0.05, 0) is 18.1 Å². The van der Waals surface area contributed by atoms with Crippen molar-refractivity contribution in [1.29, 1.82) is 0 Å². The molecule has 3 aliphatic rings. The van der Waals surface area contributed by atoms with Crippen molar-refractivity contribution in [2.75, 3.05) is 0 Å². The van der Waals surface area contributed by atoms with Gasteiger partial charge in [-0.1, -0.05) is 6.08 Å². The molecule has 0 aromatic heterocycles. The molecule has 0 bridgehead atoms. The highest BCUT2D eigenvalue weighted by Crippen LogP contribution is 2.55. The minimum Gasteiger partial charge on any atom is -0.481 e. The van der Waals surface area contributed by atoms with Crippen LogP contribution in [0.2, 0.25) is 0 Å². The number of alkyl halides is 1. The van der Waals surface area contributed by atoms with Gasteiger partial charge in [-0.15, -0.1) is 0 Å². The minimum atomic E-state index is -0.963. The Kier molecular flexibility index (Phi) is 1.62. The van der Waals surface area contributed by atoms with Gasteiger partial charge in [-0.3, -0.25) is 4.79 Å². The number of aliphatic carboxylic acids is 1. The van der Waals surface area contributed by atoms with E-state index in [1.807, 2.05) is 0 Å².